The quantitative estimate of drug-likeness (QED) is 0.151. The number of rotatable bonds is 9. The Labute approximate surface area is 243 Å². The molecule has 4 aromatic carbocycles. The van der Waals surface area contributed by atoms with Crippen LogP contribution in [0.5, 0.6) is 0 Å². The summed E-state index contributed by atoms with van der Waals surface area (Å²) in [4.78, 5) is 39.6. The summed E-state index contributed by atoms with van der Waals surface area (Å²) in [7, 11) is 0. The molecule has 0 spiro atoms. The number of nitrogens with one attached hydrogen (secondary N) is 3. The third-order valence-corrected chi connectivity index (χ3v) is 7.11. The first-order chi connectivity index (χ1) is 19.7. The lowest BCUT2D eigenvalue weighted by Gasteiger charge is -2.14. The number of halogens is 1. The van der Waals surface area contributed by atoms with Crippen molar-refractivity contribution < 1.29 is 18.8 Å². The minimum atomic E-state index is -0.541. The fourth-order valence-corrected chi connectivity index (χ4v) is 4.90. The molecule has 1 atom stereocenters. The van der Waals surface area contributed by atoms with Crippen molar-refractivity contribution in [3.05, 3.63) is 131 Å². The summed E-state index contributed by atoms with van der Waals surface area (Å²) in [5, 5.41) is 8.07. The molecular weight excluding hydrogens is 537 g/mol. The largest absolute Gasteiger partial charge is 0.325 e. The Morgan fingerprint density at radius 3 is 2.05 bits per heavy atom. The molecule has 0 aliphatic heterocycles. The predicted octanol–water partition coefficient (Wildman–Crippen LogP) is 6.97. The monoisotopic (exact) mass is 567 g/mol. The Hall–Kier alpha value is -4.69. The van der Waals surface area contributed by atoms with Crippen LogP contribution in [0.2, 0.25) is 0 Å². The van der Waals surface area contributed by atoms with Gasteiger partial charge in [0.15, 0.2) is 0 Å². The van der Waals surface area contributed by atoms with Gasteiger partial charge in [-0.15, -0.1) is 11.8 Å². The van der Waals surface area contributed by atoms with Gasteiger partial charge in [-0.05, 0) is 104 Å². The molecule has 0 aromatic heterocycles. The molecule has 0 radical (unpaired) electrons. The molecule has 3 N–H and O–H groups in total. The highest BCUT2D eigenvalue weighted by Gasteiger charge is 2.17. The zero-order valence-electron chi connectivity index (χ0n) is 22.9. The van der Waals surface area contributed by atoms with Crippen molar-refractivity contribution in [3.63, 3.8) is 0 Å². The van der Waals surface area contributed by atoms with Gasteiger partial charge in [0.05, 0.1) is 5.25 Å². The highest BCUT2D eigenvalue weighted by Crippen LogP contribution is 2.26. The molecule has 6 nitrogen and oxygen atoms in total. The van der Waals surface area contributed by atoms with E-state index < -0.39 is 17.6 Å². The van der Waals surface area contributed by atoms with Gasteiger partial charge in [0.1, 0.15) is 11.5 Å². The summed E-state index contributed by atoms with van der Waals surface area (Å²) < 4.78 is 13.4. The van der Waals surface area contributed by atoms with Crippen molar-refractivity contribution in [3.8, 4) is 0 Å². The average Bonchev–Trinajstić information content (AvgIpc) is 2.94. The van der Waals surface area contributed by atoms with Gasteiger partial charge >= 0.3 is 0 Å². The molecule has 208 valence electrons. The fraction of sp³-hybridized carbons (Fsp3) is 0.121. The van der Waals surface area contributed by atoms with Crippen LogP contribution < -0.4 is 16.0 Å². The minimum absolute atomic E-state index is 0.000548. The summed E-state index contributed by atoms with van der Waals surface area (Å²) in [6.07, 6.45) is 1.48. The van der Waals surface area contributed by atoms with Crippen LogP contribution in [-0.4, -0.2) is 23.0 Å². The number of aryl methyl sites for hydroxylation is 2. The lowest BCUT2D eigenvalue weighted by Crippen LogP contribution is -2.30. The first-order valence-electron chi connectivity index (χ1n) is 13.0. The molecule has 0 saturated heterocycles. The second-order valence-corrected chi connectivity index (χ2v) is 10.9. The molecule has 0 fully saturated rings. The minimum Gasteiger partial charge on any atom is -0.325 e. The predicted molar refractivity (Wildman–Crippen MR) is 163 cm³/mol. The van der Waals surface area contributed by atoms with Gasteiger partial charge in [0.25, 0.3) is 11.8 Å². The zero-order valence-corrected chi connectivity index (χ0v) is 23.7. The van der Waals surface area contributed by atoms with Crippen molar-refractivity contribution in [1.82, 2.24) is 5.32 Å². The Morgan fingerprint density at radius 2 is 1.41 bits per heavy atom. The van der Waals surface area contributed by atoms with Crippen molar-refractivity contribution in [2.24, 2.45) is 0 Å². The highest BCUT2D eigenvalue weighted by molar-refractivity contribution is 8.00. The molecule has 8 heteroatoms. The van der Waals surface area contributed by atoms with E-state index in [4.69, 9.17) is 0 Å². The Kier molecular flexibility index (Phi) is 9.71. The fourth-order valence-electron chi connectivity index (χ4n) is 4.03. The maximum absolute atomic E-state index is 13.4. The number of benzene rings is 4. The van der Waals surface area contributed by atoms with E-state index in [1.165, 1.54) is 42.1 Å². The van der Waals surface area contributed by atoms with Crippen LogP contribution in [0.1, 0.15) is 34.0 Å². The van der Waals surface area contributed by atoms with Crippen LogP contribution >= 0.6 is 11.8 Å². The van der Waals surface area contributed by atoms with Gasteiger partial charge in [0, 0.05) is 21.8 Å². The van der Waals surface area contributed by atoms with Crippen LogP contribution in [0.25, 0.3) is 6.08 Å². The Balaban J connectivity index is 1.42. The van der Waals surface area contributed by atoms with E-state index in [-0.39, 0.29) is 16.9 Å². The van der Waals surface area contributed by atoms with Gasteiger partial charge in [-0.3, -0.25) is 14.4 Å². The van der Waals surface area contributed by atoms with Gasteiger partial charge in [-0.1, -0.05) is 36.4 Å². The summed E-state index contributed by atoms with van der Waals surface area (Å²) in [6, 6.07) is 27.1. The van der Waals surface area contributed by atoms with Crippen LogP contribution in [0.3, 0.4) is 0 Å². The van der Waals surface area contributed by atoms with Gasteiger partial charge in [0.2, 0.25) is 5.91 Å². The topological polar surface area (TPSA) is 87.3 Å². The van der Waals surface area contributed by atoms with Gasteiger partial charge < -0.3 is 16.0 Å². The maximum atomic E-state index is 13.4. The third-order valence-electron chi connectivity index (χ3n) is 5.99. The lowest BCUT2D eigenvalue weighted by molar-refractivity contribution is -0.115. The molecule has 41 heavy (non-hydrogen) atoms. The van der Waals surface area contributed by atoms with E-state index in [0.717, 1.165) is 21.7 Å². The molecular formula is C33H30FN3O3S. The number of hydrogen-bond acceptors (Lipinski definition) is 4. The number of hydrogen-bond donors (Lipinski definition) is 3. The molecule has 0 aliphatic rings. The highest BCUT2D eigenvalue weighted by atomic mass is 32.2. The summed E-state index contributed by atoms with van der Waals surface area (Å²) in [5.74, 6) is -1.51. The van der Waals surface area contributed by atoms with Crippen molar-refractivity contribution in [1.29, 1.82) is 0 Å². The molecule has 1 unspecified atom stereocenters. The van der Waals surface area contributed by atoms with Crippen molar-refractivity contribution in [2.45, 2.75) is 30.9 Å². The van der Waals surface area contributed by atoms with Crippen molar-refractivity contribution in [2.75, 3.05) is 10.6 Å². The molecule has 0 aliphatic carbocycles. The maximum Gasteiger partial charge on any atom is 0.272 e. The Morgan fingerprint density at radius 1 is 0.780 bits per heavy atom. The number of amides is 3. The number of carbonyl (C=O) groups is 3. The number of carbonyl (C=O) groups excluding carboxylic acids is 3. The summed E-state index contributed by atoms with van der Waals surface area (Å²) in [5.41, 5.74) is 4.36. The number of thioether (sulfide) groups is 1. The average molecular weight is 568 g/mol. The second kappa shape index (κ2) is 13.6. The smallest absolute Gasteiger partial charge is 0.272 e. The van der Waals surface area contributed by atoms with Crippen LogP contribution in [0, 0.1) is 19.7 Å². The van der Waals surface area contributed by atoms with Gasteiger partial charge in [-0.2, -0.15) is 0 Å². The lowest BCUT2D eigenvalue weighted by atomic mass is 10.1. The van der Waals surface area contributed by atoms with E-state index in [0.29, 0.717) is 16.8 Å². The van der Waals surface area contributed by atoms with E-state index in [1.807, 2.05) is 51.1 Å². The van der Waals surface area contributed by atoms with Crippen LogP contribution in [0.15, 0.2) is 108 Å². The molecule has 0 bridgehead atoms. The normalized spacial score (nSPS) is 11.9. The summed E-state index contributed by atoms with van der Waals surface area (Å²) in [6.45, 7) is 5.81. The molecule has 4 aromatic rings. The van der Waals surface area contributed by atoms with Crippen molar-refractivity contribution >= 4 is 46.9 Å². The molecule has 0 heterocycles. The zero-order chi connectivity index (χ0) is 29.4. The number of anilines is 2. The van der Waals surface area contributed by atoms with Gasteiger partial charge in [-0.25, -0.2) is 4.39 Å². The molecule has 3 amide bonds. The van der Waals surface area contributed by atoms with E-state index >= 15 is 0 Å². The van der Waals surface area contributed by atoms with Crippen LogP contribution in [0.4, 0.5) is 15.8 Å². The molecule has 4 rings (SSSR count). The first kappa shape index (κ1) is 29.3. The SMILES string of the molecule is Cc1cc(C)cc(NC(=O)C(C)Sc2ccc(NC(=O)/C(=C/c3ccc(F)cc3)NC(=O)c3ccccc3)cc2)c1. The van der Waals surface area contributed by atoms with E-state index in [2.05, 4.69) is 16.0 Å². The first-order valence-corrected chi connectivity index (χ1v) is 13.8. The second-order valence-electron chi connectivity index (χ2n) is 9.53. The van der Waals surface area contributed by atoms with Crippen LogP contribution in [-0.2, 0) is 9.59 Å². The summed E-state index contributed by atoms with van der Waals surface area (Å²) >= 11 is 1.40. The van der Waals surface area contributed by atoms with E-state index in [1.54, 1.807) is 42.5 Å². The molecule has 0 saturated carbocycles. The third kappa shape index (κ3) is 8.65. The standard InChI is InChI=1S/C33H30FN3O3S/c1-21-17-22(2)19-28(18-21)36-31(38)23(3)41-29-15-13-27(14-16-29)35-33(40)30(20-24-9-11-26(34)12-10-24)37-32(39)25-7-5-4-6-8-25/h4-20,23H,1-3H3,(H,35,40)(H,36,38)(H,37,39)/b30-20-. The van der Waals surface area contributed by atoms with E-state index in [9.17, 15) is 18.8 Å². The Bertz CT molecular complexity index is 1550.